The number of anilines is 1. The molecule has 2 bridgehead atoms. The Bertz CT molecular complexity index is 2150. The normalized spacial score (nSPS) is 16.2. The number of hydrogen-bond acceptors (Lipinski definition) is 9. The van der Waals surface area contributed by atoms with Gasteiger partial charge in [0.1, 0.15) is 5.82 Å². The molecule has 1 aromatic carbocycles. The van der Waals surface area contributed by atoms with E-state index in [1.807, 2.05) is 0 Å². The Kier molecular flexibility index (Phi) is 10.3. The van der Waals surface area contributed by atoms with Gasteiger partial charge in [-0.1, -0.05) is 41.8 Å². The van der Waals surface area contributed by atoms with E-state index in [9.17, 15) is 32.7 Å². The van der Waals surface area contributed by atoms with E-state index < -0.39 is 24.2 Å². The lowest BCUT2D eigenvalue weighted by Gasteiger charge is -2.22. The standard InChI is InChI=1S/C28H23Cl2N9O4.C2HF3O2/c1-15-3-2-4-23(20-10-17(7-8-31-20)39-25(33-27(15)41)11-21(35-39)28(42)43)37-14-32-19(12-26(37)40)18-9-16(29)5-6-22(18)38-13-24(30)34-36-38;3-2(4,5)1(6)7/h5-15,23H,2-4H2,1H3,(H,33,41)(H,42,43);(H,6,7)/t15-,23+;/m1./s1. The molecule has 50 heavy (non-hydrogen) atoms. The van der Waals surface area contributed by atoms with Crippen molar-refractivity contribution in [2.75, 3.05) is 5.32 Å². The van der Waals surface area contributed by atoms with Crippen molar-refractivity contribution in [3.8, 4) is 22.6 Å². The molecule has 1 aliphatic heterocycles. The van der Waals surface area contributed by atoms with Crippen LogP contribution in [0.1, 0.15) is 48.4 Å². The second-order valence-electron chi connectivity index (χ2n) is 10.9. The first-order chi connectivity index (χ1) is 23.6. The number of halogens is 5. The second kappa shape index (κ2) is 14.5. The average molecular weight is 734 g/mol. The highest BCUT2D eigenvalue weighted by molar-refractivity contribution is 6.31. The van der Waals surface area contributed by atoms with Gasteiger partial charge < -0.3 is 15.5 Å². The molecule has 20 heteroatoms. The van der Waals surface area contributed by atoms with Crippen LogP contribution in [-0.4, -0.2) is 73.5 Å². The van der Waals surface area contributed by atoms with Crippen LogP contribution in [0.5, 0.6) is 0 Å². The van der Waals surface area contributed by atoms with Gasteiger partial charge in [0, 0.05) is 34.8 Å². The molecule has 6 rings (SSSR count). The number of aromatic carboxylic acids is 1. The lowest BCUT2D eigenvalue weighted by atomic mass is 9.98. The van der Waals surface area contributed by atoms with Crippen molar-refractivity contribution in [2.24, 2.45) is 5.92 Å². The summed E-state index contributed by atoms with van der Waals surface area (Å²) in [6, 6.07) is 10.6. The Labute approximate surface area is 288 Å². The highest BCUT2D eigenvalue weighted by Gasteiger charge is 2.38. The van der Waals surface area contributed by atoms with Gasteiger partial charge in [0.25, 0.3) is 5.56 Å². The van der Waals surface area contributed by atoms with Crippen molar-refractivity contribution in [3.63, 3.8) is 0 Å². The fourth-order valence-electron chi connectivity index (χ4n) is 5.02. The van der Waals surface area contributed by atoms with Crippen LogP contribution in [0.4, 0.5) is 19.0 Å². The molecule has 260 valence electrons. The lowest BCUT2D eigenvalue weighted by molar-refractivity contribution is -0.192. The zero-order valence-corrected chi connectivity index (χ0v) is 27.1. The van der Waals surface area contributed by atoms with Crippen LogP contribution >= 0.6 is 23.2 Å². The molecule has 0 aliphatic carbocycles. The minimum Gasteiger partial charge on any atom is -0.476 e. The molecular formula is C30H24Cl2F3N9O6. The van der Waals surface area contributed by atoms with Gasteiger partial charge in [-0.15, -0.1) is 5.10 Å². The summed E-state index contributed by atoms with van der Waals surface area (Å²) >= 11 is 12.3. The van der Waals surface area contributed by atoms with Crippen LogP contribution in [0, 0.1) is 5.92 Å². The van der Waals surface area contributed by atoms with Crippen LogP contribution in [0.25, 0.3) is 22.6 Å². The summed E-state index contributed by atoms with van der Waals surface area (Å²) in [5.41, 5.74) is 1.96. The summed E-state index contributed by atoms with van der Waals surface area (Å²) in [6.45, 7) is 1.79. The highest BCUT2D eigenvalue weighted by atomic mass is 35.5. The molecule has 15 nitrogen and oxygen atoms in total. The fraction of sp³-hybridized carbons (Fsp3) is 0.233. The first-order valence-electron chi connectivity index (χ1n) is 14.5. The minimum absolute atomic E-state index is 0.203. The molecule has 2 atom stereocenters. The summed E-state index contributed by atoms with van der Waals surface area (Å²) in [7, 11) is 0. The Balaban J connectivity index is 0.000000630. The van der Waals surface area contributed by atoms with Gasteiger partial charge in [-0.25, -0.2) is 23.9 Å². The van der Waals surface area contributed by atoms with Crippen molar-refractivity contribution >= 4 is 46.9 Å². The predicted octanol–water partition coefficient (Wildman–Crippen LogP) is 5.06. The van der Waals surface area contributed by atoms with Gasteiger partial charge >= 0.3 is 18.1 Å². The number of carboxylic acid groups (broad SMARTS) is 2. The van der Waals surface area contributed by atoms with E-state index in [0.29, 0.717) is 52.6 Å². The maximum atomic E-state index is 13.7. The smallest absolute Gasteiger partial charge is 0.476 e. The van der Waals surface area contributed by atoms with Gasteiger partial charge in [-0.05, 0) is 43.2 Å². The number of carbonyl (C=O) groups is 3. The molecule has 0 spiro atoms. The van der Waals surface area contributed by atoms with E-state index in [0.717, 1.165) is 0 Å². The summed E-state index contributed by atoms with van der Waals surface area (Å²) < 4.78 is 36.1. The number of fused-ring (bicyclic) bond motifs is 4. The van der Waals surface area contributed by atoms with Gasteiger partial charge in [-0.2, -0.15) is 18.3 Å². The number of nitrogens with zero attached hydrogens (tertiary/aromatic N) is 8. The van der Waals surface area contributed by atoms with Gasteiger partial charge in [0.15, 0.2) is 10.8 Å². The van der Waals surface area contributed by atoms with Crippen molar-refractivity contribution in [3.05, 3.63) is 93.1 Å². The third kappa shape index (κ3) is 7.98. The molecule has 5 aromatic rings. The van der Waals surface area contributed by atoms with Crippen molar-refractivity contribution < 1.29 is 37.8 Å². The van der Waals surface area contributed by atoms with Crippen molar-refractivity contribution in [1.29, 1.82) is 0 Å². The zero-order chi connectivity index (χ0) is 36.3. The van der Waals surface area contributed by atoms with E-state index in [2.05, 4.69) is 30.7 Å². The molecule has 0 radical (unpaired) electrons. The van der Waals surface area contributed by atoms with Crippen LogP contribution in [-0.2, 0) is 9.59 Å². The molecule has 0 unspecified atom stereocenters. The second-order valence-corrected chi connectivity index (χ2v) is 11.7. The Morgan fingerprint density at radius 1 is 1.02 bits per heavy atom. The summed E-state index contributed by atoms with van der Waals surface area (Å²) in [4.78, 5) is 56.3. The highest BCUT2D eigenvalue weighted by Crippen LogP contribution is 2.30. The van der Waals surface area contributed by atoms with Crippen LogP contribution in [0.3, 0.4) is 0 Å². The molecule has 0 saturated carbocycles. The number of pyridine rings is 1. The molecule has 5 heterocycles. The molecule has 0 saturated heterocycles. The molecular weight excluding hydrogens is 710 g/mol. The number of alkyl halides is 3. The SMILES string of the molecule is C[C@@H]1CCC[C@H](n2cnc(-c3cc(Cl)ccc3-n3cc(Cl)nn3)cc2=O)c2cc(ccn2)-n2nc(C(=O)O)cc2NC1=O.O=C(O)C(F)(F)F. The number of aromatic nitrogens is 8. The minimum atomic E-state index is -5.08. The van der Waals surface area contributed by atoms with Crippen LogP contribution < -0.4 is 10.9 Å². The van der Waals surface area contributed by atoms with Gasteiger partial charge in [0.05, 0.1) is 41.3 Å². The average Bonchev–Trinajstić information content (AvgIpc) is 3.69. The molecule has 0 fully saturated rings. The third-order valence-electron chi connectivity index (χ3n) is 7.45. The maximum absolute atomic E-state index is 13.7. The first-order valence-corrected chi connectivity index (χ1v) is 15.2. The fourth-order valence-corrected chi connectivity index (χ4v) is 5.31. The van der Waals surface area contributed by atoms with Gasteiger partial charge in [0.2, 0.25) is 5.91 Å². The molecule has 1 amide bonds. The summed E-state index contributed by atoms with van der Waals surface area (Å²) in [5.74, 6) is -4.41. The number of carboxylic acids is 2. The molecule has 3 N–H and O–H groups in total. The number of aliphatic carboxylic acids is 1. The van der Waals surface area contributed by atoms with E-state index >= 15 is 0 Å². The quantitative estimate of drug-likeness (QED) is 0.223. The van der Waals surface area contributed by atoms with Gasteiger partial charge in [-0.3, -0.25) is 19.1 Å². The number of nitrogens with one attached hydrogen (secondary N) is 1. The maximum Gasteiger partial charge on any atom is 0.490 e. The largest absolute Gasteiger partial charge is 0.490 e. The third-order valence-corrected chi connectivity index (χ3v) is 7.86. The predicted molar refractivity (Wildman–Crippen MR) is 171 cm³/mol. The zero-order valence-electron chi connectivity index (χ0n) is 25.5. The Morgan fingerprint density at radius 3 is 2.40 bits per heavy atom. The van der Waals surface area contributed by atoms with Crippen molar-refractivity contribution in [1.82, 2.24) is 39.3 Å². The van der Waals surface area contributed by atoms with E-state index in [1.54, 1.807) is 43.5 Å². The summed E-state index contributed by atoms with van der Waals surface area (Å²) in [5, 5.41) is 32.1. The number of rotatable bonds is 4. The van der Waals surface area contributed by atoms with Crippen LogP contribution in [0.2, 0.25) is 10.2 Å². The van der Waals surface area contributed by atoms with Crippen LogP contribution in [0.15, 0.2) is 66.0 Å². The number of amides is 1. The number of benzene rings is 1. The molecule has 1 aliphatic rings. The Morgan fingerprint density at radius 2 is 1.76 bits per heavy atom. The molecule has 4 aromatic heterocycles. The summed E-state index contributed by atoms with van der Waals surface area (Å²) in [6.07, 6.45) is 1.07. The monoisotopic (exact) mass is 733 g/mol. The van der Waals surface area contributed by atoms with E-state index in [-0.39, 0.29) is 34.0 Å². The van der Waals surface area contributed by atoms with E-state index in [4.69, 9.17) is 33.1 Å². The first kappa shape index (κ1) is 35.7. The number of carbonyl (C=O) groups excluding carboxylic acids is 1. The van der Waals surface area contributed by atoms with Crippen molar-refractivity contribution in [2.45, 2.75) is 38.4 Å². The number of hydrogen-bond donors (Lipinski definition) is 3. The Hall–Kier alpha value is -5.62. The lowest BCUT2D eigenvalue weighted by Crippen LogP contribution is -2.27. The topological polar surface area (TPSA) is 200 Å². The van der Waals surface area contributed by atoms with E-state index in [1.165, 1.54) is 38.6 Å².